The Morgan fingerprint density at radius 2 is 1.51 bits per heavy atom. The Hall–Kier alpha value is -2.19. The largest absolute Gasteiger partial charge is 0.493 e. The van der Waals surface area contributed by atoms with Gasteiger partial charge in [0, 0.05) is 48.9 Å². The van der Waals surface area contributed by atoms with Crippen LogP contribution in [0, 0.1) is 0 Å². The van der Waals surface area contributed by atoms with Crippen molar-refractivity contribution >= 4 is 17.8 Å². The summed E-state index contributed by atoms with van der Waals surface area (Å²) in [7, 11) is 4.87. The molecule has 2 atom stereocenters. The molecule has 1 heterocycles. The van der Waals surface area contributed by atoms with Gasteiger partial charge in [0.25, 0.3) is 0 Å². The van der Waals surface area contributed by atoms with E-state index in [4.69, 9.17) is 14.2 Å². The van der Waals surface area contributed by atoms with Crippen LogP contribution < -0.4 is 14.2 Å². The average molecular weight is 501 g/mol. The number of thioether (sulfide) groups is 1. The van der Waals surface area contributed by atoms with Gasteiger partial charge in [0.2, 0.25) is 5.75 Å². The monoisotopic (exact) mass is 500 g/mol. The first kappa shape index (κ1) is 27.4. The van der Waals surface area contributed by atoms with Crippen molar-refractivity contribution in [3.63, 3.8) is 0 Å². The van der Waals surface area contributed by atoms with Crippen LogP contribution in [0.4, 0.5) is 0 Å². The molecule has 1 saturated heterocycles. The van der Waals surface area contributed by atoms with Crippen molar-refractivity contribution in [2.75, 3.05) is 54.1 Å². The molecule has 2 aromatic carbocycles. The Morgan fingerprint density at radius 1 is 0.914 bits per heavy atom. The van der Waals surface area contributed by atoms with E-state index in [0.717, 1.165) is 43.9 Å². The molecule has 6 nitrogen and oxygen atoms in total. The molecule has 0 aliphatic carbocycles. The molecular formula is C28H40N2O4S. The van der Waals surface area contributed by atoms with Crippen molar-refractivity contribution in [2.24, 2.45) is 0 Å². The molecule has 0 bridgehead atoms. The third-order valence-electron chi connectivity index (χ3n) is 6.39. The number of piperazine rings is 1. The minimum Gasteiger partial charge on any atom is -0.493 e. The smallest absolute Gasteiger partial charge is 0.203 e. The maximum Gasteiger partial charge on any atom is 0.203 e. The molecule has 0 amide bonds. The zero-order valence-corrected chi connectivity index (χ0v) is 22.7. The second kappa shape index (κ2) is 13.2. The molecule has 192 valence electrons. The van der Waals surface area contributed by atoms with E-state index in [2.05, 4.69) is 67.0 Å². The van der Waals surface area contributed by atoms with Crippen LogP contribution in [-0.2, 0) is 0 Å². The number of aliphatic hydroxyl groups excluding tert-OH is 1. The lowest BCUT2D eigenvalue weighted by Crippen LogP contribution is -2.50. The predicted octanol–water partition coefficient (Wildman–Crippen LogP) is 4.97. The number of aliphatic hydroxyl groups is 1. The zero-order chi connectivity index (χ0) is 25.4. The first-order valence-corrected chi connectivity index (χ1v) is 13.1. The number of hydrogen-bond donors (Lipinski definition) is 1. The highest BCUT2D eigenvalue weighted by atomic mass is 32.2. The second-order valence-electron chi connectivity index (χ2n) is 9.12. The summed E-state index contributed by atoms with van der Waals surface area (Å²) in [6, 6.07) is 12.4. The number of rotatable bonds is 11. The first-order valence-electron chi connectivity index (χ1n) is 12.2. The Labute approximate surface area is 214 Å². The average Bonchev–Trinajstić information content (AvgIpc) is 2.87. The molecular weight excluding hydrogens is 460 g/mol. The highest BCUT2D eigenvalue weighted by Crippen LogP contribution is 2.38. The summed E-state index contributed by atoms with van der Waals surface area (Å²) >= 11 is 1.84. The Morgan fingerprint density at radius 3 is 2.03 bits per heavy atom. The number of hydrogen-bond acceptors (Lipinski definition) is 7. The van der Waals surface area contributed by atoms with Gasteiger partial charge in [-0.1, -0.05) is 38.1 Å². The molecule has 1 aliphatic heterocycles. The Bertz CT molecular complexity index is 931. The van der Waals surface area contributed by atoms with Crippen molar-refractivity contribution in [3.05, 3.63) is 53.6 Å². The standard InChI is InChI=1S/C28H40N2O4S/c1-20(2)35-24-11-9-23(10-12-24)27(31)21(3)30-16-14-29(15-17-30)13-7-8-22-18-25(32-4)28(34-6)26(19-22)33-5/h7-12,18-21,27,31H,13-17H2,1-6H3. The quantitative estimate of drug-likeness (QED) is 0.438. The van der Waals surface area contributed by atoms with Gasteiger partial charge in [0.15, 0.2) is 11.5 Å². The van der Waals surface area contributed by atoms with Gasteiger partial charge in [0.05, 0.1) is 27.4 Å². The lowest BCUT2D eigenvalue weighted by molar-refractivity contribution is 0.0286. The summed E-state index contributed by atoms with van der Waals surface area (Å²) in [5.74, 6) is 1.91. The van der Waals surface area contributed by atoms with Gasteiger partial charge in [-0.05, 0) is 42.3 Å². The molecule has 0 saturated carbocycles. The fourth-order valence-electron chi connectivity index (χ4n) is 4.38. The van der Waals surface area contributed by atoms with Crippen LogP contribution in [0.1, 0.15) is 38.0 Å². The lowest BCUT2D eigenvalue weighted by atomic mass is 10.0. The molecule has 2 aromatic rings. The summed E-state index contributed by atoms with van der Waals surface area (Å²) in [6.45, 7) is 11.2. The van der Waals surface area contributed by atoms with E-state index in [9.17, 15) is 5.11 Å². The van der Waals surface area contributed by atoms with E-state index >= 15 is 0 Å². The maximum absolute atomic E-state index is 11.0. The topological polar surface area (TPSA) is 54.4 Å². The summed E-state index contributed by atoms with van der Waals surface area (Å²) < 4.78 is 16.3. The summed E-state index contributed by atoms with van der Waals surface area (Å²) in [4.78, 5) is 6.07. The van der Waals surface area contributed by atoms with E-state index in [1.54, 1.807) is 21.3 Å². The molecule has 7 heteroatoms. The van der Waals surface area contributed by atoms with Crippen molar-refractivity contribution in [2.45, 2.75) is 43.1 Å². The zero-order valence-electron chi connectivity index (χ0n) is 21.9. The first-order chi connectivity index (χ1) is 16.9. The van der Waals surface area contributed by atoms with Crippen molar-refractivity contribution in [1.29, 1.82) is 0 Å². The second-order valence-corrected chi connectivity index (χ2v) is 10.8. The number of methoxy groups -OCH3 is 3. The molecule has 0 spiro atoms. The highest BCUT2D eigenvalue weighted by molar-refractivity contribution is 7.99. The SMILES string of the molecule is COc1cc(C=CCN2CCN(C(C)C(O)c3ccc(SC(C)C)cc3)CC2)cc(OC)c1OC. The molecule has 3 rings (SSSR count). The number of nitrogens with zero attached hydrogens (tertiary/aromatic N) is 2. The fourth-order valence-corrected chi connectivity index (χ4v) is 5.22. The van der Waals surface area contributed by atoms with Crippen molar-refractivity contribution in [1.82, 2.24) is 9.80 Å². The molecule has 2 unspecified atom stereocenters. The minimum atomic E-state index is -0.487. The van der Waals surface area contributed by atoms with Crippen LogP contribution in [0.2, 0.25) is 0 Å². The van der Waals surface area contributed by atoms with E-state index in [1.165, 1.54) is 4.90 Å². The van der Waals surface area contributed by atoms with Gasteiger partial charge in [-0.25, -0.2) is 0 Å². The van der Waals surface area contributed by atoms with Gasteiger partial charge in [-0.3, -0.25) is 9.80 Å². The highest BCUT2D eigenvalue weighted by Gasteiger charge is 2.26. The summed E-state index contributed by atoms with van der Waals surface area (Å²) in [5.41, 5.74) is 1.99. The van der Waals surface area contributed by atoms with E-state index < -0.39 is 6.10 Å². The van der Waals surface area contributed by atoms with Gasteiger partial charge < -0.3 is 19.3 Å². The van der Waals surface area contributed by atoms with Crippen molar-refractivity contribution < 1.29 is 19.3 Å². The predicted molar refractivity (Wildman–Crippen MR) is 145 cm³/mol. The third-order valence-corrected chi connectivity index (χ3v) is 7.41. The van der Waals surface area contributed by atoms with Crippen LogP contribution in [-0.4, -0.2) is 80.3 Å². The molecule has 0 radical (unpaired) electrons. The number of ether oxygens (including phenoxy) is 3. The molecule has 35 heavy (non-hydrogen) atoms. The van der Waals surface area contributed by atoms with Crippen LogP contribution in [0.25, 0.3) is 6.08 Å². The fraction of sp³-hybridized carbons (Fsp3) is 0.500. The summed E-state index contributed by atoms with van der Waals surface area (Å²) in [5, 5.41) is 11.5. The van der Waals surface area contributed by atoms with Crippen molar-refractivity contribution in [3.8, 4) is 17.2 Å². The molecule has 1 fully saturated rings. The Balaban J connectivity index is 1.51. The van der Waals surface area contributed by atoms with Crippen LogP contribution in [0.5, 0.6) is 17.2 Å². The lowest BCUT2D eigenvalue weighted by Gasteiger charge is -2.39. The van der Waals surface area contributed by atoms with E-state index in [0.29, 0.717) is 22.5 Å². The minimum absolute atomic E-state index is 0.0792. The third kappa shape index (κ3) is 7.40. The van der Waals surface area contributed by atoms with Gasteiger partial charge in [-0.15, -0.1) is 11.8 Å². The van der Waals surface area contributed by atoms with Gasteiger partial charge >= 0.3 is 0 Å². The normalized spacial score (nSPS) is 17.0. The Kier molecular flexibility index (Phi) is 10.3. The maximum atomic E-state index is 11.0. The molecule has 1 N–H and O–H groups in total. The van der Waals surface area contributed by atoms with Crippen LogP contribution in [0.15, 0.2) is 47.4 Å². The molecule has 0 aromatic heterocycles. The van der Waals surface area contributed by atoms with E-state index in [-0.39, 0.29) is 6.04 Å². The van der Waals surface area contributed by atoms with Gasteiger partial charge in [0.1, 0.15) is 0 Å². The van der Waals surface area contributed by atoms with Crippen LogP contribution in [0.3, 0.4) is 0 Å². The van der Waals surface area contributed by atoms with Gasteiger partial charge in [-0.2, -0.15) is 0 Å². The summed E-state index contributed by atoms with van der Waals surface area (Å²) in [6.07, 6.45) is 3.77. The van der Waals surface area contributed by atoms with E-state index in [1.807, 2.05) is 23.9 Å². The molecule has 1 aliphatic rings. The number of benzene rings is 2. The van der Waals surface area contributed by atoms with Crippen LogP contribution >= 0.6 is 11.8 Å².